The minimum Gasteiger partial charge on any atom is -0.375 e. The molecule has 0 N–H and O–H groups in total. The maximum Gasteiger partial charge on any atom is 0.186 e. The highest BCUT2D eigenvalue weighted by molar-refractivity contribution is 5.85. The molecule has 1 heterocycles. The van der Waals surface area contributed by atoms with E-state index in [1.165, 1.54) is 0 Å². The molecule has 82 valence electrons. The number of anilines is 1. The van der Waals surface area contributed by atoms with Crippen molar-refractivity contribution < 1.29 is 0 Å². The minimum absolute atomic E-state index is 0. The molecule has 0 aliphatic heterocycles. The Labute approximate surface area is 96.2 Å². The lowest BCUT2D eigenvalue weighted by Gasteiger charge is -2.12. The number of halogens is 1. The van der Waals surface area contributed by atoms with Gasteiger partial charge in [-0.25, -0.2) is 9.98 Å². The van der Waals surface area contributed by atoms with E-state index in [1.807, 2.05) is 38.1 Å². The average Bonchev–Trinajstić information content (AvgIpc) is 2.19. The molecule has 4 nitrogen and oxygen atoms in total. The highest BCUT2D eigenvalue weighted by Crippen LogP contribution is 2.22. The maximum atomic E-state index is 4.14. The second kappa shape index (κ2) is 6.98. The molecule has 15 heavy (non-hydrogen) atoms. The van der Waals surface area contributed by atoms with Gasteiger partial charge in [-0.3, -0.25) is 0 Å². The monoisotopic (exact) mass is 226 g/mol. The fourth-order valence-electron chi connectivity index (χ4n) is 0.977. The Morgan fingerprint density at radius 2 is 2.20 bits per heavy atom. The van der Waals surface area contributed by atoms with E-state index in [-0.39, 0.29) is 12.4 Å². The largest absolute Gasteiger partial charge is 0.375 e. The highest BCUT2D eigenvalue weighted by Gasteiger charge is 2.01. The van der Waals surface area contributed by atoms with Gasteiger partial charge in [0.25, 0.3) is 0 Å². The van der Waals surface area contributed by atoms with Gasteiger partial charge in [0.2, 0.25) is 0 Å². The van der Waals surface area contributed by atoms with E-state index in [9.17, 15) is 0 Å². The first-order valence-corrected chi connectivity index (χ1v) is 4.50. The number of aliphatic imine (C=N–C) groups is 2. The first-order chi connectivity index (χ1) is 6.75. The van der Waals surface area contributed by atoms with Crippen molar-refractivity contribution in [3.05, 3.63) is 18.3 Å². The van der Waals surface area contributed by atoms with E-state index >= 15 is 0 Å². The molecule has 1 aromatic heterocycles. The van der Waals surface area contributed by atoms with E-state index in [2.05, 4.69) is 21.0 Å². The van der Waals surface area contributed by atoms with Gasteiger partial charge in [0.15, 0.2) is 5.82 Å². The maximum absolute atomic E-state index is 4.14. The zero-order valence-corrected chi connectivity index (χ0v) is 9.95. The van der Waals surface area contributed by atoms with Gasteiger partial charge in [-0.1, -0.05) is 0 Å². The molecular weight excluding hydrogens is 212 g/mol. The Kier molecular flexibility index (Phi) is 6.34. The standard InChI is InChI=1S/C10H14N4.ClH/c1-4-11-8-13-10-9(14(2)3)6-5-7-12-10;/h5-7H,4H2,1-3H3;1H. The van der Waals surface area contributed by atoms with Crippen molar-refractivity contribution >= 4 is 29.9 Å². The molecule has 0 atom stereocenters. The van der Waals surface area contributed by atoms with Crippen molar-refractivity contribution in [3.63, 3.8) is 0 Å². The van der Waals surface area contributed by atoms with Crippen molar-refractivity contribution in [1.29, 1.82) is 0 Å². The summed E-state index contributed by atoms with van der Waals surface area (Å²) >= 11 is 0. The Bertz CT molecular complexity index is 356. The zero-order valence-electron chi connectivity index (χ0n) is 9.14. The first kappa shape index (κ1) is 13.6. The topological polar surface area (TPSA) is 40.9 Å². The second-order valence-electron chi connectivity index (χ2n) is 2.93. The number of nitrogens with zero attached hydrogens (tertiary/aromatic N) is 4. The summed E-state index contributed by atoms with van der Waals surface area (Å²) < 4.78 is 0. The molecular formula is C10H15ClN4. The van der Waals surface area contributed by atoms with Crippen LogP contribution in [0.1, 0.15) is 6.92 Å². The molecule has 1 aromatic rings. The fraction of sp³-hybridized carbons (Fsp3) is 0.400. The molecule has 0 unspecified atom stereocenters. The van der Waals surface area contributed by atoms with Crippen molar-refractivity contribution in [1.82, 2.24) is 4.98 Å². The van der Waals surface area contributed by atoms with Crippen molar-refractivity contribution in [3.8, 4) is 0 Å². The van der Waals surface area contributed by atoms with Crippen LogP contribution in [0.5, 0.6) is 0 Å². The van der Waals surface area contributed by atoms with Crippen molar-refractivity contribution in [2.24, 2.45) is 9.98 Å². The van der Waals surface area contributed by atoms with Crippen LogP contribution in [0.2, 0.25) is 0 Å². The van der Waals surface area contributed by atoms with Crippen LogP contribution in [-0.4, -0.2) is 31.6 Å². The summed E-state index contributed by atoms with van der Waals surface area (Å²) in [7, 11) is 3.90. The van der Waals surface area contributed by atoms with Crippen molar-refractivity contribution in [2.75, 3.05) is 25.5 Å². The Balaban J connectivity index is 0.00000196. The number of aromatic nitrogens is 1. The van der Waals surface area contributed by atoms with Crippen LogP contribution in [0, 0.1) is 0 Å². The van der Waals surface area contributed by atoms with E-state index in [1.54, 1.807) is 6.20 Å². The van der Waals surface area contributed by atoms with Crippen LogP contribution in [0.4, 0.5) is 11.5 Å². The fourth-order valence-corrected chi connectivity index (χ4v) is 0.977. The molecule has 0 aromatic carbocycles. The molecule has 1 rings (SSSR count). The molecule has 0 radical (unpaired) electrons. The third-order valence-electron chi connectivity index (χ3n) is 1.63. The van der Waals surface area contributed by atoms with E-state index < -0.39 is 0 Å². The van der Waals surface area contributed by atoms with E-state index in [0.717, 1.165) is 5.69 Å². The van der Waals surface area contributed by atoms with Crippen LogP contribution in [0.15, 0.2) is 28.3 Å². The summed E-state index contributed by atoms with van der Waals surface area (Å²) in [5.41, 5.74) is 0.964. The van der Waals surface area contributed by atoms with E-state index in [4.69, 9.17) is 0 Å². The van der Waals surface area contributed by atoms with Crippen LogP contribution < -0.4 is 4.90 Å². The third kappa shape index (κ3) is 4.11. The SMILES string of the molecule is CCN=C=Nc1ncccc1N(C)C.Cl. The lowest BCUT2D eigenvalue weighted by molar-refractivity contribution is 1.10. The quantitative estimate of drug-likeness (QED) is 0.743. The lowest BCUT2D eigenvalue weighted by Crippen LogP contribution is -2.08. The van der Waals surface area contributed by atoms with Crippen LogP contribution in [0.25, 0.3) is 0 Å². The average molecular weight is 227 g/mol. The molecule has 0 amide bonds. The second-order valence-corrected chi connectivity index (χ2v) is 2.93. The molecule has 5 heteroatoms. The predicted molar refractivity (Wildman–Crippen MR) is 65.9 cm³/mol. The van der Waals surface area contributed by atoms with E-state index in [0.29, 0.717) is 12.4 Å². The molecule has 0 bridgehead atoms. The van der Waals surface area contributed by atoms with Gasteiger partial charge in [0, 0.05) is 26.8 Å². The number of hydrogen-bond acceptors (Lipinski definition) is 4. The lowest BCUT2D eigenvalue weighted by atomic mass is 10.3. The summed E-state index contributed by atoms with van der Waals surface area (Å²) in [6.45, 7) is 2.63. The normalized spacial score (nSPS) is 8.47. The van der Waals surface area contributed by atoms with Crippen LogP contribution in [-0.2, 0) is 0 Å². The number of hydrogen-bond donors (Lipinski definition) is 0. The van der Waals surface area contributed by atoms with Gasteiger partial charge >= 0.3 is 0 Å². The third-order valence-corrected chi connectivity index (χ3v) is 1.63. The van der Waals surface area contributed by atoms with Crippen LogP contribution in [0.3, 0.4) is 0 Å². The smallest absolute Gasteiger partial charge is 0.186 e. The molecule has 0 fully saturated rings. The minimum atomic E-state index is 0. The summed E-state index contributed by atoms with van der Waals surface area (Å²) in [5.74, 6) is 0.648. The van der Waals surface area contributed by atoms with Gasteiger partial charge in [0.05, 0.1) is 11.7 Å². The summed E-state index contributed by atoms with van der Waals surface area (Å²) in [6.07, 6.45) is 1.71. The van der Waals surface area contributed by atoms with Gasteiger partial charge < -0.3 is 4.90 Å². The molecule has 0 spiro atoms. The van der Waals surface area contributed by atoms with Gasteiger partial charge in [-0.15, -0.1) is 12.4 Å². The number of rotatable bonds is 3. The molecule has 0 aliphatic carbocycles. The summed E-state index contributed by atoms with van der Waals surface area (Å²) in [5, 5.41) is 0. The Hall–Kier alpha value is -1.38. The molecule has 0 saturated heterocycles. The van der Waals surface area contributed by atoms with Gasteiger partial charge in [0.1, 0.15) is 0 Å². The summed E-state index contributed by atoms with van der Waals surface area (Å²) in [4.78, 5) is 14.0. The van der Waals surface area contributed by atoms with Gasteiger partial charge in [-0.2, -0.15) is 4.99 Å². The Morgan fingerprint density at radius 3 is 2.80 bits per heavy atom. The van der Waals surface area contributed by atoms with Crippen LogP contribution >= 0.6 is 12.4 Å². The highest BCUT2D eigenvalue weighted by atomic mass is 35.5. The number of pyridine rings is 1. The molecule has 0 aliphatic rings. The van der Waals surface area contributed by atoms with Crippen molar-refractivity contribution in [2.45, 2.75) is 6.92 Å². The first-order valence-electron chi connectivity index (χ1n) is 4.50. The van der Waals surface area contributed by atoms with Gasteiger partial charge in [-0.05, 0) is 19.1 Å². The molecule has 0 saturated carbocycles. The Morgan fingerprint density at radius 1 is 1.47 bits per heavy atom. The summed E-state index contributed by atoms with van der Waals surface area (Å²) in [6, 6.07) is 6.45. The predicted octanol–water partition coefficient (Wildman–Crippen LogP) is 2.39. The zero-order chi connectivity index (χ0) is 10.4.